The van der Waals surface area contributed by atoms with E-state index >= 15 is 0 Å². The number of benzene rings is 1. The van der Waals surface area contributed by atoms with Gasteiger partial charge in [-0.1, -0.05) is 18.2 Å². The number of aliphatic carboxylic acids is 2. The van der Waals surface area contributed by atoms with E-state index in [0.29, 0.717) is 5.56 Å². The summed E-state index contributed by atoms with van der Waals surface area (Å²) in [5.74, 6) is -10.0. The fourth-order valence-corrected chi connectivity index (χ4v) is 5.71. The molecule has 61 heavy (non-hydrogen) atoms. The van der Waals surface area contributed by atoms with Gasteiger partial charge in [0.15, 0.2) is 5.96 Å². The fourth-order valence-electron chi connectivity index (χ4n) is 5.71. The van der Waals surface area contributed by atoms with Gasteiger partial charge in [-0.2, -0.15) is 0 Å². The number of carboxylic acid groups (broad SMARTS) is 2. The number of aromatic nitrogens is 1. The number of carbonyl (C=O) groups excluding carboxylic acids is 6. The molecule has 1 aromatic heterocycles. The van der Waals surface area contributed by atoms with E-state index in [1.54, 1.807) is 12.3 Å². The lowest BCUT2D eigenvalue weighted by molar-refractivity contribution is -0.144. The van der Waals surface area contributed by atoms with Crippen molar-refractivity contribution in [1.82, 2.24) is 36.9 Å². The van der Waals surface area contributed by atoms with Crippen molar-refractivity contribution >= 4 is 64.2 Å². The van der Waals surface area contributed by atoms with Gasteiger partial charge in [0.05, 0.1) is 31.5 Å². The number of H-pyrrole nitrogens is 1. The maximum atomic E-state index is 13.5. The van der Waals surface area contributed by atoms with Crippen LogP contribution in [0.2, 0.25) is 0 Å². The summed E-state index contributed by atoms with van der Waals surface area (Å²) in [6, 6.07) is -4.42. The van der Waals surface area contributed by atoms with Crippen molar-refractivity contribution in [3.8, 4) is 0 Å². The Morgan fingerprint density at radius 1 is 0.689 bits per heavy atom. The Morgan fingerprint density at radius 2 is 1.18 bits per heavy atom. The molecule has 0 aliphatic rings. The highest BCUT2D eigenvalue weighted by Gasteiger charge is 2.36. The van der Waals surface area contributed by atoms with Gasteiger partial charge in [-0.25, -0.2) is 4.79 Å². The molecule has 0 unspecified atom stereocenters. The number of fused-ring (bicyclic) bond motifs is 1. The van der Waals surface area contributed by atoms with Crippen molar-refractivity contribution in [2.24, 2.45) is 22.2 Å². The number of para-hydroxylation sites is 1. The number of aliphatic hydroxyl groups excluding tert-OH is 4. The predicted molar refractivity (Wildman–Crippen MR) is 214 cm³/mol. The second-order valence-corrected chi connectivity index (χ2v) is 14.0. The molecule has 0 radical (unpaired) electrons. The monoisotopic (exact) mass is 865 g/mol. The Balaban J connectivity index is 2.22. The molecular formula is C36H55N11O14. The van der Waals surface area contributed by atoms with Crippen LogP contribution in [0.25, 0.3) is 10.9 Å². The van der Waals surface area contributed by atoms with E-state index in [-0.39, 0.29) is 31.8 Å². The van der Waals surface area contributed by atoms with E-state index in [2.05, 4.69) is 36.6 Å². The smallest absolute Gasteiger partial charge is 0.328 e. The molecule has 0 spiro atoms. The number of aliphatic imine (C=N–C) groups is 1. The Bertz CT molecular complexity index is 1880. The number of guanidine groups is 1. The fraction of sp³-hybridized carbons (Fsp3) is 0.528. The van der Waals surface area contributed by atoms with Crippen LogP contribution in [0.15, 0.2) is 35.5 Å². The molecule has 1 aromatic carbocycles. The zero-order valence-corrected chi connectivity index (χ0v) is 33.4. The zero-order chi connectivity index (χ0) is 46.0. The Kier molecular flexibility index (Phi) is 20.5. The van der Waals surface area contributed by atoms with Crippen molar-refractivity contribution in [3.05, 3.63) is 36.0 Å². The summed E-state index contributed by atoms with van der Waals surface area (Å²) in [6.07, 6.45) is -3.01. The van der Waals surface area contributed by atoms with E-state index in [0.717, 1.165) is 17.8 Å². The number of amides is 6. The largest absolute Gasteiger partial charge is 0.481 e. The lowest BCUT2D eigenvalue weighted by atomic mass is 10.0. The molecule has 0 saturated carbocycles. The number of aliphatic hydroxyl groups is 4. The minimum Gasteiger partial charge on any atom is -0.481 e. The highest BCUT2D eigenvalue weighted by atomic mass is 16.4. The second kappa shape index (κ2) is 24.6. The summed E-state index contributed by atoms with van der Waals surface area (Å²) >= 11 is 0. The molecule has 9 atom stereocenters. The summed E-state index contributed by atoms with van der Waals surface area (Å²) in [7, 11) is 0. The average molecular weight is 866 g/mol. The summed E-state index contributed by atoms with van der Waals surface area (Å²) < 4.78 is 0. The number of aromatic amines is 1. The molecule has 25 nitrogen and oxygen atoms in total. The molecule has 0 saturated heterocycles. The molecule has 0 aliphatic heterocycles. The molecule has 0 bridgehead atoms. The minimum atomic E-state index is -1.88. The van der Waals surface area contributed by atoms with Crippen LogP contribution in [-0.2, 0) is 44.8 Å². The maximum Gasteiger partial charge on any atom is 0.328 e. The van der Waals surface area contributed by atoms with Gasteiger partial charge in [0.2, 0.25) is 35.4 Å². The first-order chi connectivity index (χ1) is 28.7. The SMILES string of the molecule is C[C@@H](O)[C@H](NC(=O)[C@H](CO)NC(=O)[C@@H](NC(=O)[C@@H](N)Cc1c[nH]c2ccccc12)[C@@H](C)O)C(=O)N[C@@H](CCCN=C(N)N)C(=O)N[C@@H](CCC(=O)O)C(=O)N[C@@H](CO)C(=O)O. The first kappa shape index (κ1) is 50.7. The molecule has 19 N–H and O–H groups in total. The summed E-state index contributed by atoms with van der Waals surface area (Å²) in [5, 5.41) is 72.6. The third kappa shape index (κ3) is 16.3. The highest BCUT2D eigenvalue weighted by Crippen LogP contribution is 2.19. The number of carboxylic acids is 2. The molecule has 338 valence electrons. The van der Waals surface area contributed by atoms with E-state index in [1.807, 2.05) is 23.5 Å². The van der Waals surface area contributed by atoms with E-state index < -0.39 is 128 Å². The number of nitrogens with zero attached hydrogens (tertiary/aromatic N) is 1. The van der Waals surface area contributed by atoms with Gasteiger partial charge in [0.1, 0.15) is 36.3 Å². The minimum absolute atomic E-state index is 0.00704. The van der Waals surface area contributed by atoms with Gasteiger partial charge < -0.3 is 84.7 Å². The van der Waals surface area contributed by atoms with Gasteiger partial charge in [0, 0.05) is 30.1 Å². The first-order valence-corrected chi connectivity index (χ1v) is 18.9. The number of hydrogen-bond donors (Lipinski definition) is 16. The van der Waals surface area contributed by atoms with Crippen LogP contribution < -0.4 is 49.1 Å². The van der Waals surface area contributed by atoms with Crippen LogP contribution >= 0.6 is 0 Å². The van der Waals surface area contributed by atoms with Crippen LogP contribution in [0.5, 0.6) is 0 Å². The Hall–Kier alpha value is -6.41. The average Bonchev–Trinajstić information content (AvgIpc) is 3.60. The number of hydrogen-bond acceptors (Lipinski definition) is 14. The normalized spacial score (nSPS) is 15.5. The van der Waals surface area contributed by atoms with Gasteiger partial charge in [0.25, 0.3) is 0 Å². The quantitative estimate of drug-likeness (QED) is 0.0238. The lowest BCUT2D eigenvalue weighted by Crippen LogP contribution is -2.63. The van der Waals surface area contributed by atoms with Crippen LogP contribution in [0.1, 0.15) is 45.1 Å². The van der Waals surface area contributed by atoms with Crippen LogP contribution in [0.4, 0.5) is 0 Å². The third-order valence-corrected chi connectivity index (χ3v) is 9.05. The summed E-state index contributed by atoms with van der Waals surface area (Å²) in [6.45, 7) is 0.0533. The van der Waals surface area contributed by atoms with Gasteiger partial charge in [-0.3, -0.25) is 38.6 Å². The molecule has 0 aliphatic carbocycles. The molecule has 2 rings (SSSR count). The van der Waals surface area contributed by atoms with Crippen LogP contribution in [0, 0.1) is 0 Å². The van der Waals surface area contributed by atoms with Crippen molar-refractivity contribution in [1.29, 1.82) is 0 Å². The van der Waals surface area contributed by atoms with Crippen LogP contribution in [-0.4, -0.2) is 163 Å². The topological polar surface area (TPSA) is 436 Å². The third-order valence-electron chi connectivity index (χ3n) is 9.05. The summed E-state index contributed by atoms with van der Waals surface area (Å²) in [5.41, 5.74) is 18.3. The number of nitrogens with one attached hydrogen (secondary N) is 7. The number of nitrogens with two attached hydrogens (primary N) is 3. The molecule has 1 heterocycles. The molecule has 0 fully saturated rings. The van der Waals surface area contributed by atoms with Gasteiger partial charge >= 0.3 is 11.9 Å². The molecule has 2 aromatic rings. The maximum absolute atomic E-state index is 13.5. The van der Waals surface area contributed by atoms with Gasteiger partial charge in [-0.15, -0.1) is 0 Å². The van der Waals surface area contributed by atoms with Crippen LogP contribution in [0.3, 0.4) is 0 Å². The lowest BCUT2D eigenvalue weighted by Gasteiger charge is -2.28. The number of carbonyl (C=O) groups is 8. The Labute approximate surface area is 348 Å². The standard InChI is InChI=1S/C36H55N11O14/c1-16(50)27(46-29(54)20(37)12-18-13-41-21-7-4-3-6-19(18)21)34(59)44-24(14-48)32(57)47-28(17(2)51)33(58)43-22(8-5-11-40-36(38)39)30(55)42-23(9-10-26(52)53)31(56)45-25(15-49)35(60)61/h3-4,6-7,13,16-17,20,22-25,27-28,41,48-51H,5,8-12,14-15,37H2,1-2H3,(H,42,55)(H,43,58)(H,44,59)(H,45,56)(H,46,54)(H,47,57)(H,52,53)(H,60,61)(H4,38,39,40)/t16-,17-,20+,22+,23+,24+,25+,27+,28+/m1/s1. The predicted octanol–water partition coefficient (Wildman–Crippen LogP) is -6.30. The zero-order valence-electron chi connectivity index (χ0n) is 33.4. The van der Waals surface area contributed by atoms with Crippen molar-refractivity contribution in [3.63, 3.8) is 0 Å². The van der Waals surface area contributed by atoms with Crippen molar-refractivity contribution in [2.45, 2.75) is 100 Å². The highest BCUT2D eigenvalue weighted by molar-refractivity contribution is 5.97. The second-order valence-electron chi connectivity index (χ2n) is 14.0. The first-order valence-electron chi connectivity index (χ1n) is 18.9. The molecule has 25 heteroatoms. The van der Waals surface area contributed by atoms with Crippen molar-refractivity contribution in [2.75, 3.05) is 19.8 Å². The number of rotatable bonds is 26. The molecular weight excluding hydrogens is 810 g/mol. The molecule has 6 amide bonds. The van der Waals surface area contributed by atoms with Gasteiger partial charge in [-0.05, 0) is 51.2 Å². The van der Waals surface area contributed by atoms with E-state index in [9.17, 15) is 69.0 Å². The van der Waals surface area contributed by atoms with E-state index in [4.69, 9.17) is 17.2 Å². The summed E-state index contributed by atoms with van der Waals surface area (Å²) in [4.78, 5) is 109. The Morgan fingerprint density at radius 3 is 1.70 bits per heavy atom. The van der Waals surface area contributed by atoms with E-state index in [1.165, 1.54) is 6.92 Å². The van der Waals surface area contributed by atoms with Crippen molar-refractivity contribution < 1.29 is 69.0 Å².